The van der Waals surface area contributed by atoms with Gasteiger partial charge in [-0.15, -0.1) is 23.7 Å². The molecule has 0 saturated carbocycles. The second-order valence-electron chi connectivity index (χ2n) is 5.22. The first kappa shape index (κ1) is 19.6. The van der Waals surface area contributed by atoms with Crippen molar-refractivity contribution in [1.82, 2.24) is 9.97 Å². The smallest absolute Gasteiger partial charge is 0.196 e. The Balaban J connectivity index is 0.00000132. The maximum absolute atomic E-state index is 6.05. The van der Waals surface area contributed by atoms with E-state index in [4.69, 9.17) is 5.73 Å². The van der Waals surface area contributed by atoms with E-state index in [1.165, 1.54) is 20.7 Å². The molecule has 3 rings (SSSR count). The number of halogens is 2. The zero-order chi connectivity index (χ0) is 15.0. The monoisotopic (exact) mass is 370 g/mol. The molecule has 0 aliphatic carbocycles. The molecule has 2 N–H and O–H groups in total. The molecule has 0 fully saturated rings. The van der Waals surface area contributed by atoms with Gasteiger partial charge in [0.05, 0.1) is 5.56 Å². The highest BCUT2D eigenvalue weighted by atomic mass is 35.5. The second kappa shape index (κ2) is 7.90. The van der Waals surface area contributed by atoms with E-state index in [9.17, 15) is 0 Å². The molecule has 0 aromatic carbocycles. The van der Waals surface area contributed by atoms with Gasteiger partial charge in [-0.05, 0) is 13.0 Å². The summed E-state index contributed by atoms with van der Waals surface area (Å²) in [7, 11) is 0. The van der Waals surface area contributed by atoms with Gasteiger partial charge in [-0.2, -0.15) is 4.57 Å². The van der Waals surface area contributed by atoms with Crippen molar-refractivity contribution in [2.75, 3.05) is 5.73 Å². The van der Waals surface area contributed by atoms with Gasteiger partial charge in [0.2, 0.25) is 0 Å². The van der Waals surface area contributed by atoms with Crippen LogP contribution in [-0.2, 0) is 13.0 Å². The minimum Gasteiger partial charge on any atom is -1.00 e. The summed E-state index contributed by atoms with van der Waals surface area (Å²) >= 11 is 1.83. The lowest BCUT2D eigenvalue weighted by Crippen LogP contribution is -3.00. The highest BCUT2D eigenvalue weighted by Gasteiger charge is 2.15. The molecular weight excluding hydrogens is 351 g/mol. The van der Waals surface area contributed by atoms with Crippen molar-refractivity contribution in [1.29, 1.82) is 0 Å². The highest BCUT2D eigenvalue weighted by Crippen LogP contribution is 2.26. The van der Waals surface area contributed by atoms with Crippen LogP contribution in [0, 0.1) is 13.8 Å². The molecule has 3 aromatic heterocycles. The van der Waals surface area contributed by atoms with E-state index in [-0.39, 0.29) is 24.8 Å². The van der Waals surface area contributed by atoms with Crippen LogP contribution in [0.25, 0.3) is 10.1 Å². The van der Waals surface area contributed by atoms with Gasteiger partial charge in [0.1, 0.15) is 16.3 Å². The number of fused-ring (bicyclic) bond motifs is 1. The zero-order valence-corrected chi connectivity index (χ0v) is 15.7. The predicted molar refractivity (Wildman–Crippen MR) is 93.7 cm³/mol. The number of nitrogens with two attached hydrogens (primary N) is 1. The molecule has 0 saturated heterocycles. The van der Waals surface area contributed by atoms with Crippen molar-refractivity contribution >= 4 is 39.6 Å². The van der Waals surface area contributed by atoms with Crippen LogP contribution in [0.3, 0.4) is 0 Å². The lowest BCUT2D eigenvalue weighted by Gasteiger charge is -2.05. The molecule has 7 heteroatoms. The van der Waals surface area contributed by atoms with Gasteiger partial charge in [-0.1, -0.05) is 6.92 Å². The fourth-order valence-corrected chi connectivity index (χ4v) is 3.48. The SMILES string of the molecule is CCc1ncc(C[n+]2ccc3cc(C)sc3c2C)c(N)n1.Cl.[Cl-]. The third kappa shape index (κ3) is 3.91. The first-order chi connectivity index (χ1) is 10.1. The fourth-order valence-electron chi connectivity index (χ4n) is 2.46. The third-order valence-electron chi connectivity index (χ3n) is 3.68. The molecule has 0 bridgehead atoms. The standard InChI is InChI=1S/C16H19N4S.2ClH/c1-4-14-18-8-13(16(17)19-14)9-20-6-5-12-7-10(2)21-15(12)11(20)3;;/h5-8H,4,9H2,1-3H3,(H2,17,18,19);2*1H/q+1;;/p-1. The number of rotatable bonds is 3. The van der Waals surface area contributed by atoms with Crippen LogP contribution >= 0.6 is 23.7 Å². The molecule has 0 unspecified atom stereocenters. The van der Waals surface area contributed by atoms with E-state index in [1.54, 1.807) is 0 Å². The summed E-state index contributed by atoms with van der Waals surface area (Å²) in [5.41, 5.74) is 8.27. The maximum atomic E-state index is 6.05. The van der Waals surface area contributed by atoms with Crippen LogP contribution < -0.4 is 22.7 Å². The lowest BCUT2D eigenvalue weighted by molar-refractivity contribution is -0.692. The van der Waals surface area contributed by atoms with Crippen molar-refractivity contribution in [2.45, 2.75) is 33.7 Å². The number of aromatic nitrogens is 3. The Labute approximate surface area is 152 Å². The van der Waals surface area contributed by atoms with Gasteiger partial charge in [0.15, 0.2) is 18.4 Å². The van der Waals surface area contributed by atoms with Crippen molar-refractivity contribution in [3.63, 3.8) is 0 Å². The largest absolute Gasteiger partial charge is 1.00 e. The molecule has 0 atom stereocenters. The number of hydrogen-bond acceptors (Lipinski definition) is 4. The van der Waals surface area contributed by atoms with Gasteiger partial charge < -0.3 is 18.1 Å². The Morgan fingerprint density at radius 2 is 2.04 bits per heavy atom. The van der Waals surface area contributed by atoms with Crippen molar-refractivity contribution in [3.05, 3.63) is 46.5 Å². The zero-order valence-electron chi connectivity index (χ0n) is 13.3. The summed E-state index contributed by atoms with van der Waals surface area (Å²) in [6, 6.07) is 4.38. The van der Waals surface area contributed by atoms with Gasteiger partial charge in [-0.3, -0.25) is 0 Å². The molecular formula is C16H20Cl2N4S. The topological polar surface area (TPSA) is 55.7 Å². The summed E-state index contributed by atoms with van der Waals surface area (Å²) in [6.45, 7) is 7.02. The molecule has 0 radical (unpaired) electrons. The molecule has 3 heterocycles. The molecule has 0 aliphatic heterocycles. The summed E-state index contributed by atoms with van der Waals surface area (Å²) in [6.07, 6.45) is 4.76. The van der Waals surface area contributed by atoms with Crippen LogP contribution in [-0.4, -0.2) is 9.97 Å². The average Bonchev–Trinajstić information content (AvgIpc) is 2.85. The number of thiophene rings is 1. The minimum atomic E-state index is 0. The highest BCUT2D eigenvalue weighted by molar-refractivity contribution is 7.19. The van der Waals surface area contributed by atoms with Crippen LogP contribution in [0.1, 0.15) is 28.9 Å². The summed E-state index contributed by atoms with van der Waals surface area (Å²) < 4.78 is 3.54. The first-order valence-corrected chi connectivity index (χ1v) is 7.89. The van der Waals surface area contributed by atoms with E-state index in [0.29, 0.717) is 12.4 Å². The molecule has 0 spiro atoms. The van der Waals surface area contributed by atoms with E-state index in [0.717, 1.165) is 17.8 Å². The van der Waals surface area contributed by atoms with Gasteiger partial charge in [0.25, 0.3) is 0 Å². The first-order valence-electron chi connectivity index (χ1n) is 7.08. The minimum absolute atomic E-state index is 0. The summed E-state index contributed by atoms with van der Waals surface area (Å²) in [4.78, 5) is 10.0. The number of hydrogen-bond donors (Lipinski definition) is 1. The number of nitrogens with zero attached hydrogens (tertiary/aromatic N) is 3. The van der Waals surface area contributed by atoms with Crippen LogP contribution in [0.5, 0.6) is 0 Å². The van der Waals surface area contributed by atoms with Crippen molar-refractivity contribution < 1.29 is 17.0 Å². The number of nitrogen functional groups attached to an aromatic ring is 1. The Hall–Kier alpha value is -1.43. The van der Waals surface area contributed by atoms with E-state index in [2.05, 4.69) is 46.7 Å². The van der Waals surface area contributed by atoms with Crippen molar-refractivity contribution in [2.24, 2.45) is 0 Å². The fraction of sp³-hybridized carbons (Fsp3) is 0.312. The molecule has 4 nitrogen and oxygen atoms in total. The lowest BCUT2D eigenvalue weighted by atomic mass is 10.2. The Morgan fingerprint density at radius 1 is 1.30 bits per heavy atom. The van der Waals surface area contributed by atoms with E-state index < -0.39 is 0 Å². The summed E-state index contributed by atoms with van der Waals surface area (Å²) in [5.74, 6) is 1.37. The van der Waals surface area contributed by atoms with Crippen molar-refractivity contribution in [3.8, 4) is 0 Å². The molecule has 124 valence electrons. The van der Waals surface area contributed by atoms with Gasteiger partial charge in [0, 0.05) is 35.9 Å². The summed E-state index contributed by atoms with van der Waals surface area (Å²) in [5, 5.41) is 1.30. The predicted octanol–water partition coefficient (Wildman–Crippen LogP) is 0.214. The van der Waals surface area contributed by atoms with Gasteiger partial charge >= 0.3 is 0 Å². The van der Waals surface area contributed by atoms with Crippen LogP contribution in [0.4, 0.5) is 5.82 Å². The van der Waals surface area contributed by atoms with E-state index in [1.807, 2.05) is 24.5 Å². The second-order valence-corrected chi connectivity index (χ2v) is 6.48. The van der Waals surface area contributed by atoms with Gasteiger partial charge in [-0.25, -0.2) is 9.97 Å². The van der Waals surface area contributed by atoms with E-state index >= 15 is 0 Å². The third-order valence-corrected chi connectivity index (χ3v) is 4.86. The Kier molecular flexibility index (Phi) is 6.74. The molecule has 23 heavy (non-hydrogen) atoms. The normalized spacial score (nSPS) is 10.2. The quantitative estimate of drug-likeness (QED) is 0.670. The van der Waals surface area contributed by atoms with Crippen LogP contribution in [0.15, 0.2) is 24.5 Å². The Morgan fingerprint density at radius 3 is 2.70 bits per heavy atom. The molecule has 0 aliphatic rings. The Bertz CT molecular complexity index is 817. The molecule has 0 amide bonds. The average molecular weight is 371 g/mol. The van der Waals surface area contributed by atoms with Crippen LogP contribution in [0.2, 0.25) is 0 Å². The number of anilines is 1. The maximum Gasteiger partial charge on any atom is 0.196 e. The number of aryl methyl sites for hydroxylation is 3. The molecule has 3 aromatic rings. The number of pyridine rings is 1.